The van der Waals surface area contributed by atoms with Gasteiger partial charge in [0.25, 0.3) is 5.56 Å². The molecule has 0 spiro atoms. The summed E-state index contributed by atoms with van der Waals surface area (Å²) in [6, 6.07) is 0.508. The third kappa shape index (κ3) is 6.64. The molecular weight excluding hydrogens is 586 g/mol. The van der Waals surface area contributed by atoms with E-state index in [9.17, 15) is 35.9 Å². The fraction of sp³-hybridized carbons (Fsp3) is 0.556. The van der Waals surface area contributed by atoms with Gasteiger partial charge >= 0.3 is 12.4 Å². The number of anilines is 1. The number of hydrogen-bond donors (Lipinski definition) is 2. The van der Waals surface area contributed by atoms with Crippen LogP contribution in [0.4, 0.5) is 32.0 Å². The predicted octanol–water partition coefficient (Wildman–Crippen LogP) is 4.30. The van der Waals surface area contributed by atoms with Gasteiger partial charge in [-0.2, -0.15) is 31.4 Å². The Labute approximate surface area is 241 Å². The molecule has 0 bridgehead atoms. The number of rotatable bonds is 8. The van der Waals surface area contributed by atoms with Gasteiger partial charge in [0.1, 0.15) is 11.2 Å². The summed E-state index contributed by atoms with van der Waals surface area (Å²) in [5, 5.41) is 8.19. The van der Waals surface area contributed by atoms with Crippen LogP contribution in [0.25, 0.3) is 11.0 Å². The van der Waals surface area contributed by atoms with E-state index < -0.39 is 40.8 Å². The van der Waals surface area contributed by atoms with E-state index in [0.717, 1.165) is 29.7 Å². The van der Waals surface area contributed by atoms with Crippen molar-refractivity contribution in [2.24, 2.45) is 0 Å². The van der Waals surface area contributed by atoms with E-state index in [0.29, 0.717) is 50.2 Å². The zero-order chi connectivity index (χ0) is 30.9. The van der Waals surface area contributed by atoms with Gasteiger partial charge in [-0.1, -0.05) is 0 Å². The molecule has 1 atom stereocenters. The third-order valence-electron chi connectivity index (χ3n) is 7.66. The van der Waals surface area contributed by atoms with E-state index in [-0.39, 0.29) is 38.0 Å². The van der Waals surface area contributed by atoms with Gasteiger partial charge in [-0.15, -0.1) is 0 Å². The number of nitrogens with one attached hydrogen (secondary N) is 2. The number of amides is 1. The first-order valence-corrected chi connectivity index (χ1v) is 13.8. The van der Waals surface area contributed by atoms with E-state index >= 15 is 0 Å². The normalized spacial score (nSPS) is 17.2. The highest BCUT2D eigenvalue weighted by molar-refractivity contribution is 5.85. The first-order chi connectivity index (χ1) is 20.3. The fourth-order valence-electron chi connectivity index (χ4n) is 5.68. The van der Waals surface area contributed by atoms with Crippen LogP contribution in [-0.2, 0) is 39.7 Å². The van der Waals surface area contributed by atoms with Crippen molar-refractivity contribution in [1.82, 2.24) is 24.6 Å². The second-order valence-corrected chi connectivity index (χ2v) is 10.7. The lowest BCUT2D eigenvalue weighted by Crippen LogP contribution is -2.39. The molecule has 43 heavy (non-hydrogen) atoms. The maximum atomic E-state index is 13.5. The number of pyridine rings is 1. The van der Waals surface area contributed by atoms with E-state index in [4.69, 9.17) is 9.47 Å². The lowest BCUT2D eigenvalue weighted by atomic mass is 9.89. The molecule has 5 rings (SSSR count). The zero-order valence-corrected chi connectivity index (χ0v) is 23.1. The van der Waals surface area contributed by atoms with Crippen molar-refractivity contribution in [2.75, 3.05) is 38.3 Å². The van der Waals surface area contributed by atoms with Crippen LogP contribution in [0.3, 0.4) is 0 Å². The quantitative estimate of drug-likeness (QED) is 0.287. The van der Waals surface area contributed by atoms with Crippen molar-refractivity contribution in [1.29, 1.82) is 0 Å². The molecule has 234 valence electrons. The number of hydrogen-bond acceptors (Lipinski definition) is 7. The standard InChI is InChI=1S/C27H30F6N6O4/c1-15(36-19-12-35-37-25(41)23(19)27(31,32)33)14-43-9-4-21(40)38-5-6-39-20(13-38)22(16-2-7-42-8-3-16)18-10-17(26(28,29)30)11-34-24(18)39/h10-12,15-16H,2-9,13-14H2,1H3,(H2,36,37,41)/t15-/m0/s1. The Hall–Kier alpha value is -3.66. The van der Waals surface area contributed by atoms with Gasteiger partial charge in [0.15, 0.2) is 0 Å². The van der Waals surface area contributed by atoms with Gasteiger partial charge in [-0.3, -0.25) is 9.59 Å². The molecule has 2 aliphatic heterocycles. The summed E-state index contributed by atoms with van der Waals surface area (Å²) in [6.45, 7) is 3.39. The fourth-order valence-corrected chi connectivity index (χ4v) is 5.68. The average molecular weight is 617 g/mol. The molecule has 5 heterocycles. The van der Waals surface area contributed by atoms with E-state index in [1.54, 1.807) is 16.9 Å². The highest BCUT2D eigenvalue weighted by Gasteiger charge is 2.38. The number of nitrogens with zero attached hydrogens (tertiary/aromatic N) is 4. The Balaban J connectivity index is 1.23. The van der Waals surface area contributed by atoms with Crippen LogP contribution in [0.2, 0.25) is 0 Å². The lowest BCUT2D eigenvalue weighted by molar-refractivity contribution is -0.138. The molecule has 0 unspecified atom stereocenters. The van der Waals surface area contributed by atoms with Gasteiger partial charge in [-0.25, -0.2) is 10.1 Å². The number of carbonyl (C=O) groups excluding carboxylic acids is 1. The number of alkyl halides is 6. The number of fused-ring (bicyclic) bond motifs is 3. The van der Waals surface area contributed by atoms with Crippen LogP contribution >= 0.6 is 0 Å². The number of carbonyl (C=O) groups is 1. The van der Waals surface area contributed by atoms with Crippen LogP contribution in [-0.4, -0.2) is 69.6 Å². The average Bonchev–Trinajstić information content (AvgIpc) is 3.27. The minimum Gasteiger partial charge on any atom is -0.381 e. The van der Waals surface area contributed by atoms with Gasteiger partial charge < -0.3 is 24.3 Å². The monoisotopic (exact) mass is 616 g/mol. The maximum Gasteiger partial charge on any atom is 0.423 e. The Kier molecular flexibility index (Phi) is 8.70. The molecule has 10 nitrogen and oxygen atoms in total. The summed E-state index contributed by atoms with van der Waals surface area (Å²) in [6.07, 6.45) is -6.42. The second kappa shape index (κ2) is 12.1. The third-order valence-corrected chi connectivity index (χ3v) is 7.66. The molecule has 16 heteroatoms. The van der Waals surface area contributed by atoms with Crippen LogP contribution in [0.1, 0.15) is 54.5 Å². The van der Waals surface area contributed by atoms with Crippen molar-refractivity contribution in [3.8, 4) is 0 Å². The van der Waals surface area contributed by atoms with Gasteiger partial charge in [-0.05, 0) is 37.3 Å². The molecule has 2 N–H and O–H groups in total. The number of halogens is 6. The van der Waals surface area contributed by atoms with Gasteiger partial charge in [0.05, 0.1) is 43.6 Å². The summed E-state index contributed by atoms with van der Waals surface area (Å²) >= 11 is 0. The van der Waals surface area contributed by atoms with Crippen LogP contribution in [0.5, 0.6) is 0 Å². The molecule has 1 fully saturated rings. The smallest absolute Gasteiger partial charge is 0.381 e. The molecule has 2 aliphatic rings. The Bertz CT molecular complexity index is 1530. The Morgan fingerprint density at radius 1 is 1.16 bits per heavy atom. The van der Waals surface area contributed by atoms with Crippen molar-refractivity contribution in [2.45, 2.75) is 63.6 Å². The minimum absolute atomic E-state index is 0.00359. The lowest BCUT2D eigenvalue weighted by Gasteiger charge is -2.31. The van der Waals surface area contributed by atoms with Crippen molar-refractivity contribution in [3.63, 3.8) is 0 Å². The maximum absolute atomic E-state index is 13.5. The Morgan fingerprint density at radius 3 is 2.60 bits per heavy atom. The van der Waals surface area contributed by atoms with Crippen molar-refractivity contribution < 1.29 is 40.6 Å². The summed E-state index contributed by atoms with van der Waals surface area (Å²) in [5.74, 6) is -0.254. The SMILES string of the molecule is C[C@@H](COCCC(=O)N1CCn2c(c(C3CCOCC3)c3cc(C(F)(F)F)cnc32)C1)Nc1cn[nH]c(=O)c1C(F)(F)F. The second-order valence-electron chi connectivity index (χ2n) is 10.7. The summed E-state index contributed by atoms with van der Waals surface area (Å²) in [5.41, 5.74) is -2.06. The predicted molar refractivity (Wildman–Crippen MR) is 141 cm³/mol. The number of H-pyrrole nitrogens is 1. The Morgan fingerprint density at radius 2 is 1.91 bits per heavy atom. The van der Waals surface area contributed by atoms with E-state index in [1.165, 1.54) is 0 Å². The molecule has 1 saturated heterocycles. The van der Waals surface area contributed by atoms with E-state index in [1.807, 2.05) is 4.57 Å². The highest BCUT2D eigenvalue weighted by atomic mass is 19.4. The first-order valence-electron chi connectivity index (χ1n) is 13.8. The van der Waals surface area contributed by atoms with Crippen LogP contribution < -0.4 is 10.9 Å². The van der Waals surface area contributed by atoms with Crippen molar-refractivity contribution in [3.05, 3.63) is 51.2 Å². The largest absolute Gasteiger partial charge is 0.423 e. The molecule has 0 saturated carbocycles. The summed E-state index contributed by atoms with van der Waals surface area (Å²) < 4.78 is 93.3. The van der Waals surface area contributed by atoms with Crippen LogP contribution in [0, 0.1) is 0 Å². The number of aromatic amines is 1. The highest BCUT2D eigenvalue weighted by Crippen LogP contribution is 2.40. The molecule has 1 amide bonds. The molecule has 3 aromatic heterocycles. The van der Waals surface area contributed by atoms with Gasteiger partial charge in [0, 0.05) is 49.6 Å². The minimum atomic E-state index is -4.88. The summed E-state index contributed by atoms with van der Waals surface area (Å²) in [4.78, 5) is 30.5. The molecule has 0 radical (unpaired) electrons. The van der Waals surface area contributed by atoms with E-state index in [2.05, 4.69) is 15.4 Å². The van der Waals surface area contributed by atoms with Crippen LogP contribution in [0.15, 0.2) is 23.3 Å². The topological polar surface area (TPSA) is 114 Å². The summed E-state index contributed by atoms with van der Waals surface area (Å²) in [7, 11) is 0. The molecule has 3 aromatic rings. The van der Waals surface area contributed by atoms with Gasteiger partial charge in [0.2, 0.25) is 5.91 Å². The molecular formula is C27H30F6N6O4. The van der Waals surface area contributed by atoms with Crippen molar-refractivity contribution >= 4 is 22.6 Å². The number of ether oxygens (including phenoxy) is 2. The number of aromatic nitrogens is 4. The zero-order valence-electron chi connectivity index (χ0n) is 23.1. The molecule has 0 aliphatic carbocycles. The first kappa shape index (κ1) is 30.8. The molecule has 0 aromatic carbocycles.